The van der Waals surface area contributed by atoms with Gasteiger partial charge in [0.15, 0.2) is 0 Å². The molecule has 94 valence electrons. The number of hydrogen-bond donors (Lipinski definition) is 1. The SMILES string of the molecule is CN1CCN(C2CCCC2(C)C)C(CN)C1. The molecule has 3 nitrogen and oxygen atoms in total. The Labute approximate surface area is 100.0 Å². The molecule has 1 aliphatic heterocycles. The highest BCUT2D eigenvalue weighted by Crippen LogP contribution is 2.41. The standard InChI is InChI=1S/C13H27N3/c1-13(2)6-4-5-12(13)16-8-7-15(3)10-11(16)9-14/h11-12H,4-10,14H2,1-3H3. The van der Waals surface area contributed by atoms with E-state index < -0.39 is 0 Å². The van der Waals surface area contributed by atoms with E-state index in [9.17, 15) is 0 Å². The highest BCUT2D eigenvalue weighted by Gasteiger charge is 2.41. The Bertz CT molecular complexity index is 239. The summed E-state index contributed by atoms with van der Waals surface area (Å²) in [5.41, 5.74) is 6.43. The fourth-order valence-corrected chi connectivity index (χ4v) is 3.57. The van der Waals surface area contributed by atoms with Gasteiger partial charge < -0.3 is 10.6 Å². The summed E-state index contributed by atoms with van der Waals surface area (Å²) in [6.45, 7) is 9.20. The third-order valence-electron chi connectivity index (χ3n) is 4.60. The van der Waals surface area contributed by atoms with Gasteiger partial charge in [0, 0.05) is 38.3 Å². The Morgan fingerprint density at radius 2 is 2.06 bits per heavy atom. The van der Waals surface area contributed by atoms with E-state index in [1.54, 1.807) is 0 Å². The summed E-state index contributed by atoms with van der Waals surface area (Å²) in [5, 5.41) is 0. The molecule has 0 spiro atoms. The second kappa shape index (κ2) is 4.63. The molecular weight excluding hydrogens is 198 g/mol. The lowest BCUT2D eigenvalue weighted by Gasteiger charge is -2.47. The van der Waals surface area contributed by atoms with Gasteiger partial charge in [-0.2, -0.15) is 0 Å². The lowest BCUT2D eigenvalue weighted by Crippen LogP contribution is -2.59. The molecule has 1 saturated heterocycles. The summed E-state index contributed by atoms with van der Waals surface area (Å²) in [4.78, 5) is 5.11. The number of nitrogens with zero attached hydrogens (tertiary/aromatic N) is 2. The zero-order chi connectivity index (χ0) is 11.8. The van der Waals surface area contributed by atoms with Gasteiger partial charge in [0.25, 0.3) is 0 Å². The molecule has 0 aromatic rings. The molecule has 2 fully saturated rings. The second-order valence-corrected chi connectivity index (χ2v) is 6.29. The van der Waals surface area contributed by atoms with E-state index in [4.69, 9.17) is 5.73 Å². The van der Waals surface area contributed by atoms with Crippen LogP contribution in [0.4, 0.5) is 0 Å². The van der Waals surface area contributed by atoms with Crippen molar-refractivity contribution in [2.24, 2.45) is 11.1 Å². The van der Waals surface area contributed by atoms with Crippen molar-refractivity contribution in [2.75, 3.05) is 33.2 Å². The van der Waals surface area contributed by atoms with Crippen molar-refractivity contribution in [3.05, 3.63) is 0 Å². The molecule has 0 bridgehead atoms. The third-order valence-corrected chi connectivity index (χ3v) is 4.60. The summed E-state index contributed by atoms with van der Waals surface area (Å²) in [6, 6.07) is 1.33. The molecule has 0 radical (unpaired) electrons. The Morgan fingerprint density at radius 1 is 1.31 bits per heavy atom. The minimum Gasteiger partial charge on any atom is -0.329 e. The van der Waals surface area contributed by atoms with E-state index in [0.717, 1.165) is 19.1 Å². The number of likely N-dealkylation sites (N-methyl/N-ethyl adjacent to an activating group) is 1. The summed E-state index contributed by atoms with van der Waals surface area (Å²) in [5.74, 6) is 0. The zero-order valence-electron chi connectivity index (χ0n) is 11.1. The quantitative estimate of drug-likeness (QED) is 0.765. The van der Waals surface area contributed by atoms with Gasteiger partial charge in [0.1, 0.15) is 0 Å². The van der Waals surface area contributed by atoms with Crippen molar-refractivity contribution >= 4 is 0 Å². The molecule has 2 atom stereocenters. The topological polar surface area (TPSA) is 32.5 Å². The highest BCUT2D eigenvalue weighted by atomic mass is 15.3. The van der Waals surface area contributed by atoms with Gasteiger partial charge in [0.2, 0.25) is 0 Å². The molecule has 0 aromatic carbocycles. The van der Waals surface area contributed by atoms with Gasteiger partial charge in [-0.05, 0) is 25.3 Å². The van der Waals surface area contributed by atoms with Crippen molar-refractivity contribution in [1.29, 1.82) is 0 Å². The molecule has 1 saturated carbocycles. The highest BCUT2D eigenvalue weighted by molar-refractivity contribution is 4.96. The first-order valence-electron chi connectivity index (χ1n) is 6.69. The van der Waals surface area contributed by atoms with Crippen LogP contribution >= 0.6 is 0 Å². The van der Waals surface area contributed by atoms with Crippen LogP contribution in [0.25, 0.3) is 0 Å². The molecule has 2 rings (SSSR count). The van der Waals surface area contributed by atoms with Gasteiger partial charge in [-0.15, -0.1) is 0 Å². The Kier molecular flexibility index (Phi) is 3.57. The van der Waals surface area contributed by atoms with Crippen LogP contribution in [0.2, 0.25) is 0 Å². The van der Waals surface area contributed by atoms with Gasteiger partial charge in [-0.25, -0.2) is 0 Å². The van der Waals surface area contributed by atoms with Gasteiger partial charge in [0.05, 0.1) is 0 Å². The lowest BCUT2D eigenvalue weighted by molar-refractivity contribution is 0.0192. The lowest BCUT2D eigenvalue weighted by atomic mass is 9.85. The van der Waals surface area contributed by atoms with Gasteiger partial charge in [-0.3, -0.25) is 4.90 Å². The van der Waals surface area contributed by atoms with Gasteiger partial charge in [-0.1, -0.05) is 20.3 Å². The Balaban J connectivity index is 2.07. The second-order valence-electron chi connectivity index (χ2n) is 6.29. The molecule has 3 heteroatoms. The van der Waals surface area contributed by atoms with Crippen LogP contribution in [0, 0.1) is 5.41 Å². The van der Waals surface area contributed by atoms with E-state index in [2.05, 4.69) is 30.7 Å². The predicted molar refractivity (Wildman–Crippen MR) is 68.5 cm³/mol. The van der Waals surface area contributed by atoms with Crippen molar-refractivity contribution in [3.8, 4) is 0 Å². The predicted octanol–water partition coefficient (Wildman–Crippen LogP) is 1.14. The monoisotopic (exact) mass is 225 g/mol. The Morgan fingerprint density at radius 3 is 2.62 bits per heavy atom. The first-order valence-corrected chi connectivity index (χ1v) is 6.69. The van der Waals surface area contributed by atoms with Crippen LogP contribution in [-0.2, 0) is 0 Å². The smallest absolute Gasteiger partial charge is 0.0349 e. The van der Waals surface area contributed by atoms with Crippen molar-refractivity contribution in [2.45, 2.75) is 45.2 Å². The summed E-state index contributed by atoms with van der Waals surface area (Å²) in [7, 11) is 2.21. The Hall–Kier alpha value is -0.120. The number of nitrogens with two attached hydrogens (primary N) is 1. The normalized spacial score (nSPS) is 36.8. The summed E-state index contributed by atoms with van der Waals surface area (Å²) < 4.78 is 0. The van der Waals surface area contributed by atoms with Crippen LogP contribution in [0.5, 0.6) is 0 Å². The molecule has 1 aliphatic carbocycles. The van der Waals surface area contributed by atoms with E-state index in [1.807, 2.05) is 0 Å². The molecule has 16 heavy (non-hydrogen) atoms. The summed E-state index contributed by atoms with van der Waals surface area (Å²) in [6.07, 6.45) is 4.13. The number of piperazine rings is 1. The average Bonchev–Trinajstić information content (AvgIpc) is 2.58. The molecule has 2 aliphatic rings. The summed E-state index contributed by atoms with van der Waals surface area (Å²) >= 11 is 0. The van der Waals surface area contributed by atoms with Crippen molar-refractivity contribution < 1.29 is 0 Å². The average molecular weight is 225 g/mol. The molecule has 1 heterocycles. The van der Waals surface area contributed by atoms with E-state index in [0.29, 0.717) is 11.5 Å². The van der Waals surface area contributed by atoms with Crippen LogP contribution in [0.3, 0.4) is 0 Å². The molecule has 2 N–H and O–H groups in total. The molecule has 2 unspecified atom stereocenters. The van der Waals surface area contributed by atoms with Crippen LogP contribution < -0.4 is 5.73 Å². The van der Waals surface area contributed by atoms with Gasteiger partial charge >= 0.3 is 0 Å². The maximum absolute atomic E-state index is 5.94. The van der Waals surface area contributed by atoms with Crippen LogP contribution in [-0.4, -0.2) is 55.1 Å². The molecule has 0 aromatic heterocycles. The number of hydrogen-bond acceptors (Lipinski definition) is 3. The maximum atomic E-state index is 5.94. The van der Waals surface area contributed by atoms with E-state index in [-0.39, 0.29) is 0 Å². The third kappa shape index (κ3) is 2.27. The minimum absolute atomic E-state index is 0.489. The van der Waals surface area contributed by atoms with E-state index >= 15 is 0 Å². The van der Waals surface area contributed by atoms with Crippen molar-refractivity contribution in [1.82, 2.24) is 9.80 Å². The fourth-order valence-electron chi connectivity index (χ4n) is 3.57. The molecular formula is C13H27N3. The minimum atomic E-state index is 0.489. The zero-order valence-corrected chi connectivity index (χ0v) is 11.1. The number of rotatable bonds is 2. The van der Waals surface area contributed by atoms with Crippen molar-refractivity contribution in [3.63, 3.8) is 0 Å². The van der Waals surface area contributed by atoms with Crippen LogP contribution in [0.1, 0.15) is 33.1 Å². The van der Waals surface area contributed by atoms with E-state index in [1.165, 1.54) is 32.4 Å². The van der Waals surface area contributed by atoms with Crippen LogP contribution in [0.15, 0.2) is 0 Å². The maximum Gasteiger partial charge on any atom is 0.0349 e. The first-order chi connectivity index (χ1) is 7.54. The largest absolute Gasteiger partial charge is 0.329 e. The molecule has 0 amide bonds. The first kappa shape index (κ1) is 12.3. The fraction of sp³-hybridized carbons (Fsp3) is 1.00.